The van der Waals surface area contributed by atoms with Crippen LogP contribution in [0.5, 0.6) is 23.0 Å². The number of likely N-dealkylation sites (tertiary alicyclic amines) is 2. The Bertz CT molecular complexity index is 2080. The molecule has 4 atom stereocenters. The van der Waals surface area contributed by atoms with Gasteiger partial charge in [0.1, 0.15) is 61.5 Å². The van der Waals surface area contributed by atoms with Gasteiger partial charge in [-0.2, -0.15) is 0 Å². The maximum Gasteiger partial charge on any atom is 0.329 e. The van der Waals surface area contributed by atoms with E-state index >= 15 is 0 Å². The van der Waals surface area contributed by atoms with Gasteiger partial charge in [-0.3, -0.25) is 9.59 Å². The van der Waals surface area contributed by atoms with Crippen LogP contribution in [-0.2, 0) is 60.0 Å². The average molecular weight is 1160 g/mol. The zero-order valence-electron chi connectivity index (χ0n) is 49.8. The Morgan fingerprint density at radius 2 is 0.900 bits per heavy atom. The number of esters is 2. The van der Waals surface area contributed by atoms with Crippen LogP contribution in [0.4, 0.5) is 0 Å². The van der Waals surface area contributed by atoms with Gasteiger partial charge >= 0.3 is 11.9 Å². The number of methoxy groups -OCH3 is 4. The van der Waals surface area contributed by atoms with Crippen LogP contribution in [0, 0.1) is 13.1 Å². The van der Waals surface area contributed by atoms with Crippen LogP contribution in [0.1, 0.15) is 144 Å². The molecule has 0 aliphatic carbocycles. The summed E-state index contributed by atoms with van der Waals surface area (Å²) in [4.78, 5) is 61.6. The maximum atomic E-state index is 12.9. The van der Waals surface area contributed by atoms with Gasteiger partial charge in [-0.1, -0.05) is 12.8 Å². The first kappa shape index (κ1) is 69.4. The van der Waals surface area contributed by atoms with Gasteiger partial charge in [0.15, 0.2) is 0 Å². The molecule has 2 fully saturated rings. The Kier molecular flexibility index (Phi) is 33.6. The average Bonchev–Trinajstić information content (AvgIpc) is 4.15. The first-order valence-corrected chi connectivity index (χ1v) is 30.4. The molecule has 80 heavy (non-hydrogen) atoms. The summed E-state index contributed by atoms with van der Waals surface area (Å²) in [6.07, 6.45) is 8.27. The fourth-order valence-electron chi connectivity index (χ4n) is 9.35. The van der Waals surface area contributed by atoms with E-state index in [-0.39, 0.29) is 61.1 Å². The number of amides is 2. The Hall–Kier alpha value is -4.88. The topological polar surface area (TPSA) is 182 Å². The predicted molar refractivity (Wildman–Crippen MR) is 310 cm³/mol. The first-order chi connectivity index (χ1) is 38.5. The smallest absolute Gasteiger partial charge is 0.329 e. The van der Waals surface area contributed by atoms with Crippen LogP contribution >= 0.6 is 17.1 Å². The molecule has 2 unspecified atom stereocenters. The number of rotatable bonds is 36. The molecule has 0 N–H and O–H groups in total. The molecule has 0 aromatic heterocycles. The summed E-state index contributed by atoms with van der Waals surface area (Å²) in [6, 6.07) is 10.6. The van der Waals surface area contributed by atoms with E-state index in [1.165, 1.54) is 0 Å². The van der Waals surface area contributed by atoms with Crippen molar-refractivity contribution in [3.05, 3.63) is 70.4 Å². The Labute approximate surface area is 480 Å². The zero-order valence-corrected chi connectivity index (χ0v) is 51.6. The third-order valence-electron chi connectivity index (χ3n) is 13.2. The van der Waals surface area contributed by atoms with E-state index < -0.39 is 29.1 Å². The van der Waals surface area contributed by atoms with Gasteiger partial charge in [0, 0.05) is 73.4 Å². The summed E-state index contributed by atoms with van der Waals surface area (Å²) in [7, 11) is 3.78. The van der Waals surface area contributed by atoms with Crippen molar-refractivity contribution in [3.63, 3.8) is 0 Å². The number of carbonyl (C=O) groups excluding carboxylic acids is 4. The molecule has 0 bridgehead atoms. The number of benzene rings is 2. The summed E-state index contributed by atoms with van der Waals surface area (Å²) in [5.74, 6) is 1.68. The molecule has 2 aromatic rings. The minimum atomic E-state index is -1.25. The number of unbranched alkanes of at least 4 members (excludes halogenated alkanes) is 4. The summed E-state index contributed by atoms with van der Waals surface area (Å²) in [5, 5.41) is 0. The summed E-state index contributed by atoms with van der Waals surface area (Å²) in [5.41, 5.74) is 1.47. The zero-order chi connectivity index (χ0) is 59.0. The van der Waals surface area contributed by atoms with E-state index in [0.29, 0.717) is 101 Å². The lowest BCUT2D eigenvalue weighted by molar-refractivity contribution is -0.154. The SMILES string of the molecule is [C-]#[N+]CCOP(OCCCCCC(=O)N1CCC[C@@H]1C(=O)OCc1ccc(OC)cc1OC)N(C(C)C)C(C)C.[C-]#[N+]CCOP(OCCCCCC(=O)N1CCC[C@H]1C(=O)OCc1ccc(OC)cc1OC)N(C(C)C)C(C)C. The lowest BCUT2D eigenvalue weighted by Crippen LogP contribution is -2.41. The second-order valence-electron chi connectivity index (χ2n) is 20.4. The molecule has 4 rings (SSSR count). The second kappa shape index (κ2) is 38.8. The molecule has 2 aliphatic heterocycles. The number of hydrogen-bond acceptors (Lipinski definition) is 16. The highest BCUT2D eigenvalue weighted by Crippen LogP contribution is 2.47. The number of hydrogen-bond donors (Lipinski definition) is 0. The van der Waals surface area contributed by atoms with Crippen molar-refractivity contribution in [3.8, 4) is 23.0 Å². The third kappa shape index (κ3) is 23.5. The van der Waals surface area contributed by atoms with E-state index in [0.717, 1.165) is 62.5 Å². The monoisotopic (exact) mass is 1160 g/mol. The van der Waals surface area contributed by atoms with Gasteiger partial charge in [-0.15, -0.1) is 0 Å². The molecule has 0 radical (unpaired) electrons. The Balaban J connectivity index is 0.000000420. The summed E-state index contributed by atoms with van der Waals surface area (Å²) >= 11 is 0. The normalized spacial score (nSPS) is 15.9. The van der Waals surface area contributed by atoms with Crippen LogP contribution in [0.25, 0.3) is 9.69 Å². The molecule has 2 amide bonds. The third-order valence-corrected chi connectivity index (χ3v) is 17.4. The van der Waals surface area contributed by atoms with Crippen LogP contribution in [0.2, 0.25) is 0 Å². The molecule has 448 valence electrons. The molecular weight excluding hydrogens is 1070 g/mol. The molecule has 2 aliphatic rings. The first-order valence-electron chi connectivity index (χ1n) is 28.1. The number of nitrogens with zero attached hydrogens (tertiary/aromatic N) is 6. The molecule has 2 aromatic carbocycles. The molecule has 22 heteroatoms. The van der Waals surface area contributed by atoms with E-state index in [1.807, 2.05) is 0 Å². The predicted octanol–water partition coefficient (Wildman–Crippen LogP) is 11.2. The van der Waals surface area contributed by atoms with Crippen molar-refractivity contribution in [1.29, 1.82) is 0 Å². The second-order valence-corrected chi connectivity index (χ2v) is 23.3. The Morgan fingerprint density at radius 1 is 0.537 bits per heavy atom. The minimum absolute atomic E-state index is 0.0158. The van der Waals surface area contributed by atoms with E-state index in [2.05, 4.69) is 74.4 Å². The van der Waals surface area contributed by atoms with Crippen LogP contribution < -0.4 is 18.9 Å². The van der Waals surface area contributed by atoms with Gasteiger partial charge in [0.25, 0.3) is 17.1 Å². The fraction of sp³-hybridized carbons (Fsp3) is 0.690. The number of ether oxygens (including phenoxy) is 6. The highest BCUT2D eigenvalue weighted by atomic mass is 31.2. The highest BCUT2D eigenvalue weighted by Gasteiger charge is 2.37. The summed E-state index contributed by atoms with van der Waals surface area (Å²) < 4.78 is 60.8. The standard InChI is InChI=1S/2C29H46N3O7P/c2*1-22(2)32(23(3)4)40(39-19-16-30-5)38-18-10-8-9-13-28(33)31-17-11-12-26(31)29(34)37-21-24-14-15-25(35-6)20-27(24)36-7/h2*14-15,20,22-23,26H,8-13,16-19,21H2,1-4,6-7H3/t2*26-,40?/m10/s1. The molecule has 2 heterocycles. The van der Waals surface area contributed by atoms with Crippen LogP contribution in [0.3, 0.4) is 0 Å². The van der Waals surface area contributed by atoms with Gasteiger partial charge < -0.3 is 66.0 Å². The van der Waals surface area contributed by atoms with Crippen LogP contribution in [0.15, 0.2) is 36.4 Å². The summed E-state index contributed by atoms with van der Waals surface area (Å²) in [6.45, 7) is 34.5. The fourth-order valence-corrected chi connectivity index (χ4v) is 12.6. The van der Waals surface area contributed by atoms with E-state index in [1.54, 1.807) is 74.6 Å². The molecular formula is C58H92N6O14P2. The lowest BCUT2D eigenvalue weighted by Gasteiger charge is -2.35. The van der Waals surface area contributed by atoms with Gasteiger partial charge in [0.2, 0.25) is 24.9 Å². The minimum Gasteiger partial charge on any atom is -0.497 e. The van der Waals surface area contributed by atoms with Crippen molar-refractivity contribution in [2.45, 2.75) is 182 Å². The van der Waals surface area contributed by atoms with Crippen molar-refractivity contribution in [1.82, 2.24) is 19.1 Å². The van der Waals surface area contributed by atoms with E-state index in [9.17, 15) is 19.2 Å². The van der Waals surface area contributed by atoms with E-state index in [4.69, 9.17) is 59.7 Å². The lowest BCUT2D eigenvalue weighted by atomic mass is 10.1. The Morgan fingerprint density at radius 3 is 1.23 bits per heavy atom. The quantitative estimate of drug-likeness (QED) is 0.0272. The van der Waals surface area contributed by atoms with Gasteiger partial charge in [-0.05, 0) is 131 Å². The molecule has 0 saturated carbocycles. The molecule has 20 nitrogen and oxygen atoms in total. The molecule has 2 saturated heterocycles. The van der Waals surface area contributed by atoms with Crippen molar-refractivity contribution in [2.75, 3.05) is 81.0 Å². The van der Waals surface area contributed by atoms with Crippen LogP contribution in [-0.4, -0.2) is 160 Å². The molecule has 0 spiro atoms. The van der Waals surface area contributed by atoms with Crippen molar-refractivity contribution >= 4 is 40.8 Å². The number of carbonyl (C=O) groups is 4. The van der Waals surface area contributed by atoms with Gasteiger partial charge in [0.05, 0.1) is 41.7 Å². The highest BCUT2D eigenvalue weighted by molar-refractivity contribution is 7.44. The van der Waals surface area contributed by atoms with Crippen molar-refractivity contribution in [2.24, 2.45) is 0 Å². The van der Waals surface area contributed by atoms with Crippen molar-refractivity contribution < 1.29 is 65.7 Å². The maximum absolute atomic E-state index is 12.9. The largest absolute Gasteiger partial charge is 0.497 e. The van der Waals surface area contributed by atoms with Gasteiger partial charge in [-0.25, -0.2) is 32.1 Å².